The van der Waals surface area contributed by atoms with Crippen LogP contribution >= 0.6 is 11.6 Å². The van der Waals surface area contributed by atoms with Gasteiger partial charge in [0.15, 0.2) is 6.61 Å². The quantitative estimate of drug-likeness (QED) is 0.619. The summed E-state index contributed by atoms with van der Waals surface area (Å²) >= 11 is 5.83. The number of anilines is 1. The second-order valence-electron chi connectivity index (χ2n) is 7.20. The molecule has 2 aromatic carbocycles. The summed E-state index contributed by atoms with van der Waals surface area (Å²) in [5.41, 5.74) is 0.476. The van der Waals surface area contributed by atoms with Crippen molar-refractivity contribution < 1.29 is 17.9 Å². The van der Waals surface area contributed by atoms with Crippen LogP contribution in [0.3, 0.4) is 0 Å². The maximum atomic E-state index is 12.7. The number of carbonyl (C=O) groups is 1. The van der Waals surface area contributed by atoms with Gasteiger partial charge in [-0.3, -0.25) is 9.10 Å². The number of amides is 1. The molecule has 0 aliphatic heterocycles. The molecule has 0 saturated carbocycles. The molecule has 158 valence electrons. The second-order valence-corrected chi connectivity index (χ2v) is 9.60. The molecule has 0 fully saturated rings. The van der Waals surface area contributed by atoms with Crippen LogP contribution in [0.5, 0.6) is 5.75 Å². The summed E-state index contributed by atoms with van der Waals surface area (Å²) in [6.45, 7) is 7.77. The van der Waals surface area contributed by atoms with Crippen LogP contribution in [-0.4, -0.2) is 45.0 Å². The van der Waals surface area contributed by atoms with E-state index >= 15 is 0 Å². The fraction of sp³-hybridized carbons (Fsp3) is 0.381. The lowest BCUT2D eigenvalue weighted by atomic mass is 10.2. The van der Waals surface area contributed by atoms with E-state index in [1.54, 1.807) is 29.2 Å². The van der Waals surface area contributed by atoms with Gasteiger partial charge in [-0.2, -0.15) is 0 Å². The average molecular weight is 439 g/mol. The number of ether oxygens (including phenoxy) is 1. The molecule has 0 aliphatic rings. The molecular formula is C21H27ClN2O4S. The molecule has 0 heterocycles. The van der Waals surface area contributed by atoms with Gasteiger partial charge >= 0.3 is 0 Å². The maximum Gasteiger partial charge on any atom is 0.264 e. The number of hydrogen-bond acceptors (Lipinski definition) is 4. The van der Waals surface area contributed by atoms with Crippen molar-refractivity contribution in [2.24, 2.45) is 0 Å². The van der Waals surface area contributed by atoms with E-state index in [-0.39, 0.29) is 29.5 Å². The fourth-order valence-electron chi connectivity index (χ4n) is 3.05. The molecule has 0 saturated heterocycles. The number of nitrogens with zero attached hydrogens (tertiary/aromatic N) is 2. The number of rotatable bonds is 8. The molecular weight excluding hydrogens is 412 g/mol. The van der Waals surface area contributed by atoms with Crippen molar-refractivity contribution in [2.75, 3.05) is 18.0 Å². The third kappa shape index (κ3) is 5.64. The Bertz CT molecular complexity index is 918. The monoisotopic (exact) mass is 438 g/mol. The first-order chi connectivity index (χ1) is 13.5. The lowest BCUT2D eigenvalue weighted by Gasteiger charge is -2.30. The predicted octanol–water partition coefficient (Wildman–Crippen LogP) is 4.19. The van der Waals surface area contributed by atoms with Crippen LogP contribution in [0.25, 0.3) is 0 Å². The van der Waals surface area contributed by atoms with Gasteiger partial charge in [-0.1, -0.05) is 11.6 Å². The first-order valence-electron chi connectivity index (χ1n) is 9.32. The SMILES string of the molecule is CC(C)N(C(=O)COc1ccc(N(C)S(=O)(=O)c2ccc(Cl)cc2)cc1)C(C)C. The van der Waals surface area contributed by atoms with E-state index in [2.05, 4.69) is 0 Å². The average Bonchev–Trinajstić information content (AvgIpc) is 2.66. The zero-order valence-corrected chi connectivity index (χ0v) is 18.9. The minimum absolute atomic E-state index is 0.0748. The standard InChI is InChI=1S/C21H27ClN2O4S/c1-15(2)24(16(3)4)21(25)14-28-19-10-8-18(9-11-19)23(5)29(26,27)20-12-6-17(22)7-13-20/h6-13,15-16H,14H2,1-5H3. The highest BCUT2D eigenvalue weighted by molar-refractivity contribution is 7.92. The molecule has 8 heteroatoms. The molecule has 0 aliphatic carbocycles. The minimum atomic E-state index is -3.70. The Kier molecular flexibility index (Phi) is 7.54. The van der Waals surface area contributed by atoms with E-state index < -0.39 is 10.0 Å². The first kappa shape index (κ1) is 23.0. The lowest BCUT2D eigenvalue weighted by molar-refractivity contribution is -0.136. The van der Waals surface area contributed by atoms with Crippen molar-refractivity contribution in [3.8, 4) is 5.75 Å². The van der Waals surface area contributed by atoms with Gasteiger partial charge in [-0.25, -0.2) is 8.42 Å². The van der Waals surface area contributed by atoms with Gasteiger partial charge in [-0.15, -0.1) is 0 Å². The minimum Gasteiger partial charge on any atom is -0.484 e. The number of sulfonamides is 1. The number of hydrogen-bond donors (Lipinski definition) is 0. The smallest absolute Gasteiger partial charge is 0.264 e. The molecule has 0 unspecified atom stereocenters. The van der Waals surface area contributed by atoms with E-state index in [1.807, 2.05) is 27.7 Å². The van der Waals surface area contributed by atoms with E-state index in [0.29, 0.717) is 16.5 Å². The van der Waals surface area contributed by atoms with Gasteiger partial charge in [0.05, 0.1) is 10.6 Å². The molecule has 0 bridgehead atoms. The summed E-state index contributed by atoms with van der Waals surface area (Å²) in [5, 5.41) is 0.469. The highest BCUT2D eigenvalue weighted by Crippen LogP contribution is 2.25. The van der Waals surface area contributed by atoms with Crippen molar-refractivity contribution in [2.45, 2.75) is 44.7 Å². The normalized spacial score (nSPS) is 11.6. The van der Waals surface area contributed by atoms with Crippen LogP contribution in [0.4, 0.5) is 5.69 Å². The molecule has 0 radical (unpaired) electrons. The van der Waals surface area contributed by atoms with E-state index in [4.69, 9.17) is 16.3 Å². The van der Waals surface area contributed by atoms with Crippen LogP contribution in [0.2, 0.25) is 5.02 Å². The van der Waals surface area contributed by atoms with Crippen LogP contribution < -0.4 is 9.04 Å². The van der Waals surface area contributed by atoms with Gasteiger partial charge < -0.3 is 9.64 Å². The third-order valence-electron chi connectivity index (χ3n) is 4.44. The Morgan fingerprint density at radius 2 is 1.48 bits per heavy atom. The predicted molar refractivity (Wildman–Crippen MR) is 116 cm³/mol. The molecule has 2 aromatic rings. The third-order valence-corrected chi connectivity index (χ3v) is 6.49. The first-order valence-corrected chi connectivity index (χ1v) is 11.1. The zero-order valence-electron chi connectivity index (χ0n) is 17.3. The molecule has 0 spiro atoms. The number of benzene rings is 2. The molecule has 1 amide bonds. The van der Waals surface area contributed by atoms with Gasteiger partial charge in [0.1, 0.15) is 5.75 Å². The summed E-state index contributed by atoms with van der Waals surface area (Å²) < 4.78 is 32.3. The maximum absolute atomic E-state index is 12.7. The Balaban J connectivity index is 2.08. The summed E-state index contributed by atoms with van der Waals surface area (Å²) in [6.07, 6.45) is 0. The van der Waals surface area contributed by atoms with Crippen molar-refractivity contribution in [3.63, 3.8) is 0 Å². The van der Waals surface area contributed by atoms with Crippen LogP contribution in [0.1, 0.15) is 27.7 Å². The molecule has 2 rings (SSSR count). The lowest BCUT2D eigenvalue weighted by Crippen LogP contribution is -2.44. The summed E-state index contributed by atoms with van der Waals surface area (Å²) in [7, 11) is -2.23. The van der Waals surface area contributed by atoms with E-state index in [1.165, 1.54) is 35.6 Å². The van der Waals surface area contributed by atoms with Crippen molar-refractivity contribution in [3.05, 3.63) is 53.6 Å². The highest BCUT2D eigenvalue weighted by atomic mass is 35.5. The second kappa shape index (κ2) is 9.50. The largest absolute Gasteiger partial charge is 0.484 e. The van der Waals surface area contributed by atoms with Crippen molar-refractivity contribution >= 4 is 33.2 Å². The molecule has 0 aromatic heterocycles. The number of halogens is 1. The summed E-state index contributed by atoms with van der Waals surface area (Å²) in [5.74, 6) is 0.397. The van der Waals surface area contributed by atoms with Gasteiger partial charge in [0, 0.05) is 24.2 Å². The topological polar surface area (TPSA) is 66.9 Å². The summed E-state index contributed by atoms with van der Waals surface area (Å²) in [6, 6.07) is 12.7. The van der Waals surface area contributed by atoms with Gasteiger partial charge in [0.2, 0.25) is 0 Å². The fourth-order valence-corrected chi connectivity index (χ4v) is 4.37. The van der Waals surface area contributed by atoms with E-state index in [9.17, 15) is 13.2 Å². The Hall–Kier alpha value is -2.25. The van der Waals surface area contributed by atoms with Crippen molar-refractivity contribution in [1.29, 1.82) is 0 Å². The highest BCUT2D eigenvalue weighted by Gasteiger charge is 2.22. The van der Waals surface area contributed by atoms with Crippen LogP contribution in [-0.2, 0) is 14.8 Å². The molecule has 6 nitrogen and oxygen atoms in total. The van der Waals surface area contributed by atoms with Gasteiger partial charge in [-0.05, 0) is 76.2 Å². The number of carbonyl (C=O) groups excluding carboxylic acids is 1. The Morgan fingerprint density at radius 3 is 1.97 bits per heavy atom. The Labute approximate surface area is 178 Å². The van der Waals surface area contributed by atoms with Crippen molar-refractivity contribution in [1.82, 2.24) is 4.90 Å². The van der Waals surface area contributed by atoms with Crippen LogP contribution in [0, 0.1) is 0 Å². The molecule has 0 N–H and O–H groups in total. The van der Waals surface area contributed by atoms with Crippen LogP contribution in [0.15, 0.2) is 53.4 Å². The molecule has 0 atom stereocenters. The van der Waals surface area contributed by atoms with Gasteiger partial charge in [0.25, 0.3) is 15.9 Å². The van der Waals surface area contributed by atoms with E-state index in [0.717, 1.165) is 0 Å². The summed E-state index contributed by atoms with van der Waals surface area (Å²) in [4.78, 5) is 14.3. The zero-order chi connectivity index (χ0) is 21.8. The Morgan fingerprint density at radius 1 is 0.966 bits per heavy atom. The molecule has 29 heavy (non-hydrogen) atoms.